The Kier molecular flexibility index (Phi) is 6.48. The summed E-state index contributed by atoms with van der Waals surface area (Å²) in [5.41, 5.74) is 11.7. The van der Waals surface area contributed by atoms with Crippen molar-refractivity contribution in [2.45, 2.75) is 6.04 Å². The molecule has 0 radical (unpaired) electrons. The zero-order chi connectivity index (χ0) is 28.8. The molecule has 6 heterocycles. The standard InChI is InChI=1S/C30H29FN10O/c1-40(2)5-6-42-20-8-17(7-18(31)9-20)21-3-4-34-30-22(21)10-25(37-30)29-23-11-24(35-13-26(23)38-39-29)27-12-33-14-28(36-27)41-15-19(32)16-41/h3-4,7-14,19H,5-6,15-16,32H2,1-2H3,(H,34,37)(H,38,39). The average Bonchev–Trinajstić information content (AvgIpc) is 3.59. The van der Waals surface area contributed by atoms with Gasteiger partial charge >= 0.3 is 0 Å². The van der Waals surface area contributed by atoms with Crippen molar-refractivity contribution < 1.29 is 9.13 Å². The Bertz CT molecular complexity index is 1910. The fraction of sp³-hybridized carbons (Fsp3) is 0.233. The van der Waals surface area contributed by atoms with Crippen molar-refractivity contribution in [3.05, 3.63) is 67.0 Å². The Morgan fingerprint density at radius 3 is 2.76 bits per heavy atom. The van der Waals surface area contributed by atoms with Crippen LogP contribution in [-0.2, 0) is 0 Å². The molecule has 0 aliphatic carbocycles. The molecule has 5 aromatic heterocycles. The molecule has 11 nitrogen and oxygen atoms in total. The number of rotatable bonds is 8. The SMILES string of the molecule is CN(C)CCOc1cc(F)cc(-c2ccnc3[nH]c(-c4n[nH]c5cnc(-c6cncc(N7CC(N)C7)n6)cc45)cc23)c1. The lowest BCUT2D eigenvalue weighted by molar-refractivity contribution is 0.260. The summed E-state index contributed by atoms with van der Waals surface area (Å²) in [6.07, 6.45) is 6.89. The van der Waals surface area contributed by atoms with Crippen LogP contribution in [0.4, 0.5) is 10.2 Å². The topological polar surface area (TPSA) is 138 Å². The molecule has 0 atom stereocenters. The molecule has 6 aromatic rings. The second-order valence-corrected chi connectivity index (χ2v) is 10.7. The van der Waals surface area contributed by atoms with Gasteiger partial charge in [0.05, 0.1) is 35.5 Å². The molecule has 0 amide bonds. The number of likely N-dealkylation sites (N-methyl/N-ethyl adjacent to an activating group) is 1. The summed E-state index contributed by atoms with van der Waals surface area (Å²) in [6, 6.07) is 10.7. The van der Waals surface area contributed by atoms with Crippen LogP contribution in [0.15, 0.2) is 61.2 Å². The monoisotopic (exact) mass is 564 g/mol. The van der Waals surface area contributed by atoms with Gasteiger partial charge in [-0.3, -0.25) is 15.1 Å². The van der Waals surface area contributed by atoms with Gasteiger partial charge in [-0.2, -0.15) is 5.10 Å². The summed E-state index contributed by atoms with van der Waals surface area (Å²) in [4.78, 5) is 25.8. The first-order valence-corrected chi connectivity index (χ1v) is 13.6. The fourth-order valence-corrected chi connectivity index (χ4v) is 5.15. The molecule has 0 spiro atoms. The van der Waals surface area contributed by atoms with E-state index in [2.05, 4.69) is 35.0 Å². The first kappa shape index (κ1) is 26.0. The van der Waals surface area contributed by atoms with Crippen molar-refractivity contribution in [1.82, 2.24) is 40.0 Å². The number of benzene rings is 1. The van der Waals surface area contributed by atoms with Gasteiger partial charge in [-0.25, -0.2) is 14.4 Å². The highest BCUT2D eigenvalue weighted by Crippen LogP contribution is 2.35. The fourth-order valence-electron chi connectivity index (χ4n) is 5.15. The molecule has 0 unspecified atom stereocenters. The van der Waals surface area contributed by atoms with Crippen LogP contribution in [0.25, 0.3) is 55.8 Å². The van der Waals surface area contributed by atoms with Crippen LogP contribution >= 0.6 is 0 Å². The predicted molar refractivity (Wildman–Crippen MR) is 160 cm³/mol. The largest absolute Gasteiger partial charge is 0.492 e. The number of hydrogen-bond donors (Lipinski definition) is 3. The van der Waals surface area contributed by atoms with E-state index in [4.69, 9.17) is 15.5 Å². The molecule has 1 fully saturated rings. The van der Waals surface area contributed by atoms with E-state index in [0.29, 0.717) is 40.6 Å². The van der Waals surface area contributed by atoms with Gasteiger partial charge in [0.25, 0.3) is 0 Å². The predicted octanol–water partition coefficient (Wildman–Crippen LogP) is 3.85. The summed E-state index contributed by atoms with van der Waals surface area (Å²) >= 11 is 0. The molecular formula is C30H29FN10O. The van der Waals surface area contributed by atoms with Crippen LogP contribution in [-0.4, -0.2) is 86.4 Å². The van der Waals surface area contributed by atoms with E-state index in [9.17, 15) is 4.39 Å². The minimum atomic E-state index is -0.365. The molecule has 1 aromatic carbocycles. The second-order valence-electron chi connectivity index (χ2n) is 10.7. The number of hydrogen-bond acceptors (Lipinski definition) is 9. The summed E-state index contributed by atoms with van der Waals surface area (Å²) in [6.45, 7) is 2.70. The van der Waals surface area contributed by atoms with Crippen molar-refractivity contribution in [1.29, 1.82) is 0 Å². The van der Waals surface area contributed by atoms with Gasteiger partial charge in [0.2, 0.25) is 0 Å². The number of halogens is 1. The molecule has 1 saturated heterocycles. The van der Waals surface area contributed by atoms with Crippen molar-refractivity contribution in [3.8, 4) is 39.7 Å². The number of fused-ring (bicyclic) bond motifs is 2. The lowest BCUT2D eigenvalue weighted by atomic mass is 10.0. The average molecular weight is 565 g/mol. The van der Waals surface area contributed by atoms with Gasteiger partial charge in [0.1, 0.15) is 41.0 Å². The van der Waals surface area contributed by atoms with E-state index in [1.54, 1.807) is 24.8 Å². The molecule has 7 rings (SSSR count). The number of nitrogens with zero attached hydrogens (tertiary/aromatic N) is 7. The number of nitrogens with one attached hydrogen (secondary N) is 2. The van der Waals surface area contributed by atoms with Crippen LogP contribution in [0.1, 0.15) is 0 Å². The van der Waals surface area contributed by atoms with E-state index in [0.717, 1.165) is 53.0 Å². The van der Waals surface area contributed by atoms with Crippen molar-refractivity contribution in [3.63, 3.8) is 0 Å². The van der Waals surface area contributed by atoms with Crippen LogP contribution in [0, 0.1) is 5.82 Å². The van der Waals surface area contributed by atoms with Gasteiger partial charge in [-0.1, -0.05) is 0 Å². The number of pyridine rings is 2. The lowest BCUT2D eigenvalue weighted by Gasteiger charge is -2.37. The van der Waals surface area contributed by atoms with Crippen molar-refractivity contribution in [2.75, 3.05) is 45.2 Å². The van der Waals surface area contributed by atoms with E-state index >= 15 is 0 Å². The van der Waals surface area contributed by atoms with Crippen LogP contribution < -0.4 is 15.4 Å². The summed E-state index contributed by atoms with van der Waals surface area (Å²) in [7, 11) is 3.93. The normalized spacial score (nSPS) is 13.8. The molecule has 1 aliphatic rings. The number of aromatic nitrogens is 7. The Morgan fingerprint density at radius 2 is 1.93 bits per heavy atom. The van der Waals surface area contributed by atoms with Crippen molar-refractivity contribution >= 4 is 27.8 Å². The third-order valence-corrected chi connectivity index (χ3v) is 7.34. The molecule has 12 heteroatoms. The van der Waals surface area contributed by atoms with E-state index in [1.807, 2.05) is 43.3 Å². The maximum Gasteiger partial charge on any atom is 0.147 e. The number of aromatic amines is 2. The van der Waals surface area contributed by atoms with Crippen LogP contribution in [0.3, 0.4) is 0 Å². The Hall–Kier alpha value is -4.94. The Labute approximate surface area is 240 Å². The number of anilines is 1. The summed E-state index contributed by atoms with van der Waals surface area (Å²) in [5.74, 6) is 0.895. The van der Waals surface area contributed by atoms with Gasteiger partial charge in [-0.15, -0.1) is 0 Å². The highest BCUT2D eigenvalue weighted by atomic mass is 19.1. The van der Waals surface area contributed by atoms with E-state index in [1.165, 1.54) is 12.1 Å². The second kappa shape index (κ2) is 10.5. The third kappa shape index (κ3) is 4.91. The Morgan fingerprint density at radius 1 is 1.05 bits per heavy atom. The lowest BCUT2D eigenvalue weighted by Crippen LogP contribution is -2.56. The maximum absolute atomic E-state index is 14.6. The van der Waals surface area contributed by atoms with Gasteiger partial charge in [-0.05, 0) is 55.6 Å². The van der Waals surface area contributed by atoms with E-state index < -0.39 is 0 Å². The molecule has 0 saturated carbocycles. The molecule has 0 bridgehead atoms. The van der Waals surface area contributed by atoms with Gasteiger partial charge in [0, 0.05) is 48.7 Å². The zero-order valence-corrected chi connectivity index (χ0v) is 23.2. The van der Waals surface area contributed by atoms with Gasteiger partial charge in [0.15, 0.2) is 0 Å². The van der Waals surface area contributed by atoms with E-state index in [-0.39, 0.29) is 11.9 Å². The molecule has 212 valence electrons. The zero-order valence-electron chi connectivity index (χ0n) is 23.2. The third-order valence-electron chi connectivity index (χ3n) is 7.34. The molecule has 4 N–H and O–H groups in total. The summed E-state index contributed by atoms with van der Waals surface area (Å²) < 4.78 is 20.5. The molecular weight excluding hydrogens is 535 g/mol. The minimum absolute atomic E-state index is 0.161. The maximum atomic E-state index is 14.6. The highest BCUT2D eigenvalue weighted by Gasteiger charge is 2.25. The number of H-pyrrole nitrogens is 2. The number of ether oxygens (including phenoxy) is 1. The van der Waals surface area contributed by atoms with Crippen LogP contribution in [0.2, 0.25) is 0 Å². The van der Waals surface area contributed by atoms with Crippen LogP contribution in [0.5, 0.6) is 5.75 Å². The first-order chi connectivity index (χ1) is 20.4. The van der Waals surface area contributed by atoms with Crippen molar-refractivity contribution in [2.24, 2.45) is 5.73 Å². The first-order valence-electron chi connectivity index (χ1n) is 13.6. The van der Waals surface area contributed by atoms with Gasteiger partial charge < -0.3 is 25.3 Å². The molecule has 1 aliphatic heterocycles. The molecule has 42 heavy (non-hydrogen) atoms. The Balaban J connectivity index is 1.24. The smallest absolute Gasteiger partial charge is 0.147 e. The minimum Gasteiger partial charge on any atom is -0.492 e. The highest BCUT2D eigenvalue weighted by molar-refractivity contribution is 6.00. The summed E-state index contributed by atoms with van der Waals surface area (Å²) in [5, 5.41) is 9.37. The quantitative estimate of drug-likeness (QED) is 0.252. The number of nitrogens with two attached hydrogens (primary N) is 1.